The molecule has 2 N–H and O–H groups in total. The molecule has 0 saturated carbocycles. The van der Waals surface area contributed by atoms with Gasteiger partial charge in [-0.15, -0.1) is 0 Å². The zero-order valence-corrected chi connectivity index (χ0v) is 20.2. The molecule has 0 aromatic heterocycles. The molecule has 6 heteroatoms. The van der Waals surface area contributed by atoms with E-state index in [1.165, 1.54) is 0 Å². The molecule has 1 saturated heterocycles. The largest absolute Gasteiger partial charge is 0.349 e. The van der Waals surface area contributed by atoms with Crippen LogP contribution in [0.2, 0.25) is 0 Å². The maximum atomic E-state index is 13.1. The molecule has 3 aromatic carbocycles. The van der Waals surface area contributed by atoms with Crippen molar-refractivity contribution in [1.82, 2.24) is 10.2 Å². The monoisotopic (exact) mass is 469 g/mol. The Bertz CT molecular complexity index is 1190. The van der Waals surface area contributed by atoms with Gasteiger partial charge in [0.15, 0.2) is 0 Å². The van der Waals surface area contributed by atoms with E-state index in [4.69, 9.17) is 0 Å². The summed E-state index contributed by atoms with van der Waals surface area (Å²) >= 11 is 0. The van der Waals surface area contributed by atoms with Gasteiger partial charge in [0.2, 0.25) is 5.91 Å². The summed E-state index contributed by atoms with van der Waals surface area (Å²) in [4.78, 5) is 40.2. The summed E-state index contributed by atoms with van der Waals surface area (Å²) in [6.45, 7) is 4.99. The summed E-state index contributed by atoms with van der Waals surface area (Å²) in [6.07, 6.45) is 1.55. The van der Waals surface area contributed by atoms with Crippen LogP contribution in [-0.2, 0) is 4.79 Å². The molecule has 3 aromatic rings. The van der Waals surface area contributed by atoms with Crippen molar-refractivity contribution in [2.24, 2.45) is 5.92 Å². The minimum atomic E-state index is -0.249. The number of amides is 3. The first-order chi connectivity index (χ1) is 16.9. The third kappa shape index (κ3) is 6.15. The molecule has 1 aliphatic heterocycles. The molecule has 0 radical (unpaired) electrons. The molecule has 3 amide bonds. The van der Waals surface area contributed by atoms with E-state index in [0.29, 0.717) is 29.9 Å². The molecule has 6 nitrogen and oxygen atoms in total. The number of piperidine rings is 1. The highest BCUT2D eigenvalue weighted by Crippen LogP contribution is 2.22. The van der Waals surface area contributed by atoms with Gasteiger partial charge >= 0.3 is 0 Å². The number of carbonyl (C=O) groups is 3. The molecule has 1 heterocycles. The Labute approximate surface area is 206 Å². The number of likely N-dealkylation sites (tertiary alicyclic amines) is 1. The van der Waals surface area contributed by atoms with Crippen LogP contribution in [0.4, 0.5) is 5.69 Å². The normalized spacial score (nSPS) is 16.3. The third-order valence-electron chi connectivity index (χ3n) is 6.42. The van der Waals surface area contributed by atoms with Gasteiger partial charge in [-0.25, -0.2) is 0 Å². The van der Waals surface area contributed by atoms with Crippen LogP contribution in [0.25, 0.3) is 0 Å². The van der Waals surface area contributed by atoms with Gasteiger partial charge in [0.05, 0.1) is 12.0 Å². The molecule has 1 aliphatic rings. The molecule has 0 bridgehead atoms. The van der Waals surface area contributed by atoms with Gasteiger partial charge in [-0.05, 0) is 68.7 Å². The van der Waals surface area contributed by atoms with Crippen molar-refractivity contribution < 1.29 is 14.4 Å². The minimum Gasteiger partial charge on any atom is -0.349 e. The van der Waals surface area contributed by atoms with Gasteiger partial charge in [0.1, 0.15) is 0 Å². The highest BCUT2D eigenvalue weighted by atomic mass is 16.2. The summed E-state index contributed by atoms with van der Waals surface area (Å²) in [5, 5.41) is 6.01. The van der Waals surface area contributed by atoms with E-state index in [9.17, 15) is 14.4 Å². The van der Waals surface area contributed by atoms with E-state index >= 15 is 0 Å². The van der Waals surface area contributed by atoms with E-state index in [1.807, 2.05) is 80.6 Å². The summed E-state index contributed by atoms with van der Waals surface area (Å²) in [7, 11) is 0. The Balaban J connectivity index is 1.36. The third-order valence-corrected chi connectivity index (χ3v) is 6.42. The smallest absolute Gasteiger partial charge is 0.255 e. The molecule has 2 unspecified atom stereocenters. The van der Waals surface area contributed by atoms with Crippen molar-refractivity contribution >= 4 is 23.4 Å². The number of nitrogens with one attached hydrogen (secondary N) is 2. The number of carbonyl (C=O) groups excluding carboxylic acids is 3. The molecule has 1 fully saturated rings. The Morgan fingerprint density at radius 2 is 1.66 bits per heavy atom. The van der Waals surface area contributed by atoms with E-state index in [2.05, 4.69) is 10.6 Å². The predicted molar refractivity (Wildman–Crippen MR) is 137 cm³/mol. The van der Waals surface area contributed by atoms with Gasteiger partial charge in [0, 0.05) is 29.9 Å². The number of hydrogen-bond acceptors (Lipinski definition) is 3. The molecule has 2 atom stereocenters. The van der Waals surface area contributed by atoms with Crippen LogP contribution in [0.1, 0.15) is 57.7 Å². The predicted octanol–water partition coefficient (Wildman–Crippen LogP) is 4.98. The summed E-state index contributed by atoms with van der Waals surface area (Å²) in [5.74, 6) is -0.517. The lowest BCUT2D eigenvalue weighted by molar-refractivity contribution is -0.127. The molecule has 0 aliphatic carbocycles. The Kier molecular flexibility index (Phi) is 7.60. The first-order valence-corrected chi connectivity index (χ1v) is 12.0. The molecule has 0 spiro atoms. The second-order valence-corrected chi connectivity index (χ2v) is 9.13. The Morgan fingerprint density at radius 1 is 0.914 bits per heavy atom. The van der Waals surface area contributed by atoms with Crippen LogP contribution >= 0.6 is 0 Å². The van der Waals surface area contributed by atoms with Crippen molar-refractivity contribution in [2.75, 3.05) is 18.4 Å². The van der Waals surface area contributed by atoms with Crippen LogP contribution in [0, 0.1) is 12.8 Å². The number of benzene rings is 3. The fraction of sp³-hybridized carbons (Fsp3) is 0.276. The van der Waals surface area contributed by atoms with E-state index in [-0.39, 0.29) is 29.7 Å². The zero-order chi connectivity index (χ0) is 24.8. The second-order valence-electron chi connectivity index (χ2n) is 9.13. The van der Waals surface area contributed by atoms with Crippen molar-refractivity contribution in [2.45, 2.75) is 32.7 Å². The van der Waals surface area contributed by atoms with Crippen LogP contribution in [0.5, 0.6) is 0 Å². The first-order valence-electron chi connectivity index (χ1n) is 12.0. The van der Waals surface area contributed by atoms with Crippen molar-refractivity contribution in [3.8, 4) is 0 Å². The topological polar surface area (TPSA) is 78.5 Å². The second kappa shape index (κ2) is 11.0. The zero-order valence-electron chi connectivity index (χ0n) is 20.2. The fourth-order valence-corrected chi connectivity index (χ4v) is 4.35. The molecular weight excluding hydrogens is 438 g/mol. The van der Waals surface area contributed by atoms with Crippen molar-refractivity contribution in [3.05, 3.63) is 101 Å². The van der Waals surface area contributed by atoms with Crippen LogP contribution in [-0.4, -0.2) is 35.7 Å². The number of nitrogens with zero attached hydrogens (tertiary/aromatic N) is 1. The Hall–Kier alpha value is -3.93. The summed E-state index contributed by atoms with van der Waals surface area (Å²) in [6, 6.07) is 23.8. The maximum absolute atomic E-state index is 13.1. The maximum Gasteiger partial charge on any atom is 0.255 e. The van der Waals surface area contributed by atoms with E-state index in [1.54, 1.807) is 17.0 Å². The van der Waals surface area contributed by atoms with E-state index in [0.717, 1.165) is 24.0 Å². The average molecular weight is 470 g/mol. The van der Waals surface area contributed by atoms with Gasteiger partial charge in [-0.2, -0.15) is 0 Å². The summed E-state index contributed by atoms with van der Waals surface area (Å²) in [5.41, 5.74) is 3.91. The van der Waals surface area contributed by atoms with Gasteiger partial charge in [0.25, 0.3) is 11.8 Å². The molecule has 180 valence electrons. The van der Waals surface area contributed by atoms with Gasteiger partial charge in [-0.3, -0.25) is 14.4 Å². The number of hydrogen-bond donors (Lipinski definition) is 2. The SMILES string of the molecule is Cc1ccc(C(=O)N2CCCC(C(=O)NC(C)c3cccc(NC(=O)c4ccccc4)c3)C2)cc1. The average Bonchev–Trinajstić information content (AvgIpc) is 2.89. The van der Waals surface area contributed by atoms with Crippen LogP contribution in [0.15, 0.2) is 78.9 Å². The number of anilines is 1. The van der Waals surface area contributed by atoms with E-state index < -0.39 is 0 Å². The highest BCUT2D eigenvalue weighted by Gasteiger charge is 2.29. The lowest BCUT2D eigenvalue weighted by atomic mass is 9.95. The summed E-state index contributed by atoms with van der Waals surface area (Å²) < 4.78 is 0. The fourth-order valence-electron chi connectivity index (χ4n) is 4.35. The van der Waals surface area contributed by atoms with Crippen LogP contribution in [0.3, 0.4) is 0 Å². The molecule has 4 rings (SSSR count). The minimum absolute atomic E-state index is 0.0302. The highest BCUT2D eigenvalue weighted by molar-refractivity contribution is 6.04. The van der Waals surface area contributed by atoms with Crippen LogP contribution < -0.4 is 10.6 Å². The molecule has 35 heavy (non-hydrogen) atoms. The lowest BCUT2D eigenvalue weighted by Gasteiger charge is -2.32. The Morgan fingerprint density at radius 3 is 2.40 bits per heavy atom. The van der Waals surface area contributed by atoms with Gasteiger partial charge in [-0.1, -0.05) is 48.0 Å². The quantitative estimate of drug-likeness (QED) is 0.535. The molecular formula is C29H31N3O3. The number of rotatable bonds is 6. The lowest BCUT2D eigenvalue weighted by Crippen LogP contribution is -2.45. The van der Waals surface area contributed by atoms with Crippen molar-refractivity contribution in [3.63, 3.8) is 0 Å². The van der Waals surface area contributed by atoms with Crippen molar-refractivity contribution in [1.29, 1.82) is 0 Å². The number of aryl methyl sites for hydroxylation is 1. The standard InChI is InChI=1S/C29H31N3O3/c1-20-13-15-23(16-14-20)29(35)32-17-7-11-25(19-32)28(34)30-21(2)24-10-6-12-26(18-24)31-27(33)22-8-4-3-5-9-22/h3-6,8-10,12-16,18,21,25H,7,11,17,19H2,1-2H3,(H,30,34)(H,31,33). The van der Waals surface area contributed by atoms with Gasteiger partial charge < -0.3 is 15.5 Å². The first kappa shape index (κ1) is 24.2.